The van der Waals surface area contributed by atoms with E-state index >= 15 is 0 Å². The number of nitrogens with zero attached hydrogens (tertiary/aromatic N) is 1. The summed E-state index contributed by atoms with van der Waals surface area (Å²) in [6.07, 6.45) is 1.60. The molecule has 0 aliphatic carbocycles. The lowest BCUT2D eigenvalue weighted by atomic mass is 10.1. The smallest absolute Gasteiger partial charge is 0.128 e. The summed E-state index contributed by atoms with van der Waals surface area (Å²) >= 11 is 0. The van der Waals surface area contributed by atoms with Crippen molar-refractivity contribution >= 4 is 5.82 Å². The average Bonchev–Trinajstić information content (AvgIpc) is 2.31. The topological polar surface area (TPSA) is 59.1 Å². The summed E-state index contributed by atoms with van der Waals surface area (Å²) in [6, 6.07) is 7.82. The second kappa shape index (κ2) is 4.28. The molecule has 0 amide bonds. The van der Waals surface area contributed by atoms with Gasteiger partial charge in [-0.05, 0) is 23.8 Å². The standard InChI is InChI=1S/C12H11FN2O/c13-11-3-1-8(2-4-11)9-5-10(7-16)12(14)15-6-9/h1-6,16H,7H2,(H2,14,15). The summed E-state index contributed by atoms with van der Waals surface area (Å²) in [4.78, 5) is 3.97. The maximum absolute atomic E-state index is 12.7. The van der Waals surface area contributed by atoms with Gasteiger partial charge in [-0.25, -0.2) is 9.37 Å². The van der Waals surface area contributed by atoms with Crippen LogP contribution in [-0.4, -0.2) is 10.1 Å². The molecular formula is C12H11FN2O. The average molecular weight is 218 g/mol. The molecule has 1 aromatic carbocycles. The molecule has 4 heteroatoms. The normalized spacial score (nSPS) is 10.4. The summed E-state index contributed by atoms with van der Waals surface area (Å²) in [5.41, 5.74) is 7.78. The van der Waals surface area contributed by atoms with Crippen molar-refractivity contribution < 1.29 is 9.50 Å². The predicted molar refractivity (Wildman–Crippen MR) is 60.0 cm³/mol. The van der Waals surface area contributed by atoms with Crippen molar-refractivity contribution in [3.63, 3.8) is 0 Å². The van der Waals surface area contributed by atoms with Crippen molar-refractivity contribution in [1.82, 2.24) is 4.98 Å². The first-order chi connectivity index (χ1) is 7.70. The number of aliphatic hydroxyl groups excluding tert-OH is 1. The molecule has 2 aromatic rings. The van der Waals surface area contributed by atoms with E-state index in [1.54, 1.807) is 24.4 Å². The Labute approximate surface area is 92.4 Å². The molecule has 16 heavy (non-hydrogen) atoms. The van der Waals surface area contributed by atoms with E-state index in [-0.39, 0.29) is 12.4 Å². The van der Waals surface area contributed by atoms with E-state index in [2.05, 4.69) is 4.98 Å². The first-order valence-electron chi connectivity index (χ1n) is 4.82. The summed E-state index contributed by atoms with van der Waals surface area (Å²) in [5.74, 6) is 0.0305. The van der Waals surface area contributed by atoms with Gasteiger partial charge in [-0.15, -0.1) is 0 Å². The molecule has 0 atom stereocenters. The van der Waals surface area contributed by atoms with E-state index in [0.29, 0.717) is 11.4 Å². The van der Waals surface area contributed by atoms with Gasteiger partial charge < -0.3 is 10.8 Å². The number of rotatable bonds is 2. The van der Waals surface area contributed by atoms with Crippen LogP contribution in [0, 0.1) is 5.82 Å². The lowest BCUT2D eigenvalue weighted by Gasteiger charge is -2.05. The van der Waals surface area contributed by atoms with Crippen LogP contribution in [0.5, 0.6) is 0 Å². The van der Waals surface area contributed by atoms with Gasteiger partial charge in [-0.2, -0.15) is 0 Å². The van der Waals surface area contributed by atoms with Crippen molar-refractivity contribution in [3.8, 4) is 11.1 Å². The maximum atomic E-state index is 12.7. The van der Waals surface area contributed by atoms with Gasteiger partial charge in [0, 0.05) is 17.3 Å². The number of nitrogens with two attached hydrogens (primary N) is 1. The van der Waals surface area contributed by atoms with Crippen LogP contribution in [0.2, 0.25) is 0 Å². The van der Waals surface area contributed by atoms with Gasteiger partial charge in [-0.1, -0.05) is 12.1 Å². The minimum absolute atomic E-state index is 0.159. The van der Waals surface area contributed by atoms with E-state index in [9.17, 15) is 4.39 Å². The van der Waals surface area contributed by atoms with Crippen molar-refractivity contribution in [2.45, 2.75) is 6.61 Å². The summed E-state index contributed by atoms with van der Waals surface area (Å²) in [7, 11) is 0. The molecule has 1 heterocycles. The van der Waals surface area contributed by atoms with Crippen LogP contribution >= 0.6 is 0 Å². The first-order valence-corrected chi connectivity index (χ1v) is 4.82. The highest BCUT2D eigenvalue weighted by atomic mass is 19.1. The van der Waals surface area contributed by atoms with Crippen LogP contribution in [0.3, 0.4) is 0 Å². The van der Waals surface area contributed by atoms with Crippen molar-refractivity contribution in [1.29, 1.82) is 0 Å². The fourth-order valence-corrected chi connectivity index (χ4v) is 1.45. The first kappa shape index (κ1) is 10.6. The highest BCUT2D eigenvalue weighted by molar-refractivity contribution is 5.65. The summed E-state index contributed by atoms with van der Waals surface area (Å²) in [5, 5.41) is 9.05. The zero-order chi connectivity index (χ0) is 11.5. The second-order valence-electron chi connectivity index (χ2n) is 3.43. The molecule has 82 valence electrons. The van der Waals surface area contributed by atoms with E-state index in [0.717, 1.165) is 11.1 Å². The Hall–Kier alpha value is -1.94. The number of hydrogen-bond donors (Lipinski definition) is 2. The van der Waals surface area contributed by atoms with Crippen LogP contribution in [0.15, 0.2) is 36.5 Å². The van der Waals surface area contributed by atoms with Crippen molar-refractivity contribution in [3.05, 3.63) is 47.9 Å². The molecule has 0 saturated carbocycles. The molecule has 0 bridgehead atoms. The lowest BCUT2D eigenvalue weighted by molar-refractivity contribution is 0.282. The molecule has 0 fully saturated rings. The number of pyridine rings is 1. The molecular weight excluding hydrogens is 207 g/mol. The molecule has 0 radical (unpaired) electrons. The molecule has 0 aliphatic heterocycles. The van der Waals surface area contributed by atoms with Gasteiger partial charge in [0.1, 0.15) is 11.6 Å². The van der Waals surface area contributed by atoms with Gasteiger partial charge in [0.15, 0.2) is 0 Å². The van der Waals surface area contributed by atoms with Gasteiger partial charge in [0.25, 0.3) is 0 Å². The van der Waals surface area contributed by atoms with Crippen LogP contribution in [0.1, 0.15) is 5.56 Å². The zero-order valence-electron chi connectivity index (χ0n) is 8.52. The quantitative estimate of drug-likeness (QED) is 0.810. The molecule has 1 aromatic heterocycles. The van der Waals surface area contributed by atoms with Crippen molar-refractivity contribution in [2.24, 2.45) is 0 Å². The number of benzene rings is 1. The third-order valence-corrected chi connectivity index (χ3v) is 2.35. The van der Waals surface area contributed by atoms with Gasteiger partial charge in [0.05, 0.1) is 6.61 Å². The van der Waals surface area contributed by atoms with Gasteiger partial charge >= 0.3 is 0 Å². The molecule has 2 rings (SSSR count). The molecule has 0 saturated heterocycles. The lowest BCUT2D eigenvalue weighted by Crippen LogP contribution is -1.97. The van der Waals surface area contributed by atoms with E-state index in [4.69, 9.17) is 10.8 Å². The predicted octanol–water partition coefficient (Wildman–Crippen LogP) is 1.96. The van der Waals surface area contributed by atoms with E-state index < -0.39 is 0 Å². The monoisotopic (exact) mass is 218 g/mol. The third kappa shape index (κ3) is 2.01. The molecule has 0 spiro atoms. The maximum Gasteiger partial charge on any atom is 0.128 e. The van der Waals surface area contributed by atoms with Crippen LogP contribution in [-0.2, 0) is 6.61 Å². The Bertz CT molecular complexity index is 497. The number of hydrogen-bond acceptors (Lipinski definition) is 3. The SMILES string of the molecule is Nc1ncc(-c2ccc(F)cc2)cc1CO. The highest BCUT2D eigenvalue weighted by Crippen LogP contribution is 2.22. The Morgan fingerprint density at radius 3 is 2.50 bits per heavy atom. The number of halogens is 1. The Kier molecular flexibility index (Phi) is 2.83. The zero-order valence-corrected chi connectivity index (χ0v) is 8.52. The van der Waals surface area contributed by atoms with E-state index in [1.807, 2.05) is 0 Å². The fraction of sp³-hybridized carbons (Fsp3) is 0.0833. The number of anilines is 1. The van der Waals surface area contributed by atoms with Gasteiger partial charge in [0.2, 0.25) is 0 Å². The van der Waals surface area contributed by atoms with Crippen LogP contribution < -0.4 is 5.73 Å². The molecule has 0 aliphatic rings. The van der Waals surface area contributed by atoms with Crippen LogP contribution in [0.4, 0.5) is 10.2 Å². The number of aliphatic hydroxyl groups is 1. The third-order valence-electron chi connectivity index (χ3n) is 2.35. The Morgan fingerprint density at radius 1 is 1.19 bits per heavy atom. The van der Waals surface area contributed by atoms with Crippen molar-refractivity contribution in [2.75, 3.05) is 5.73 Å². The molecule has 3 nitrogen and oxygen atoms in total. The minimum atomic E-state index is -0.283. The fourth-order valence-electron chi connectivity index (χ4n) is 1.45. The summed E-state index contributed by atoms with van der Waals surface area (Å²) in [6.45, 7) is -0.159. The van der Waals surface area contributed by atoms with E-state index in [1.165, 1.54) is 12.1 Å². The van der Waals surface area contributed by atoms with Gasteiger partial charge in [-0.3, -0.25) is 0 Å². The minimum Gasteiger partial charge on any atom is -0.392 e. The second-order valence-corrected chi connectivity index (χ2v) is 3.43. The Morgan fingerprint density at radius 2 is 1.88 bits per heavy atom. The Balaban J connectivity index is 2.44. The number of aromatic nitrogens is 1. The number of nitrogen functional groups attached to an aromatic ring is 1. The van der Waals surface area contributed by atoms with Crippen LogP contribution in [0.25, 0.3) is 11.1 Å². The molecule has 0 unspecified atom stereocenters. The largest absolute Gasteiger partial charge is 0.392 e. The summed E-state index contributed by atoms with van der Waals surface area (Å²) < 4.78 is 12.7. The molecule has 3 N–H and O–H groups in total. The highest BCUT2D eigenvalue weighted by Gasteiger charge is 2.03.